The van der Waals surface area contributed by atoms with Gasteiger partial charge >= 0.3 is 6.18 Å². The minimum atomic E-state index is -4.33. The van der Waals surface area contributed by atoms with Crippen LogP contribution in [0.2, 0.25) is 0 Å². The fourth-order valence-corrected chi connectivity index (χ4v) is 6.12. The summed E-state index contributed by atoms with van der Waals surface area (Å²) in [5.74, 6) is 2.67. The van der Waals surface area contributed by atoms with Gasteiger partial charge in [0, 0.05) is 20.1 Å². The van der Waals surface area contributed by atoms with E-state index in [1.807, 2.05) is 0 Å². The number of hydrogen-bond donors (Lipinski definition) is 1. The average molecular weight is 395 g/mol. The lowest BCUT2D eigenvalue weighted by molar-refractivity contribution is -0.188. The van der Waals surface area contributed by atoms with Crippen molar-refractivity contribution in [3.05, 3.63) is 35.4 Å². The van der Waals surface area contributed by atoms with Crippen LogP contribution in [0.4, 0.5) is 13.2 Å². The van der Waals surface area contributed by atoms with Crippen molar-refractivity contribution in [2.24, 2.45) is 23.7 Å². The maximum atomic E-state index is 12.6. The molecule has 0 spiro atoms. The number of carbonyl (C=O) groups is 1. The van der Waals surface area contributed by atoms with Crippen molar-refractivity contribution in [1.29, 1.82) is 0 Å². The van der Waals surface area contributed by atoms with Gasteiger partial charge in [-0.3, -0.25) is 4.79 Å². The summed E-state index contributed by atoms with van der Waals surface area (Å²) in [4.78, 5) is 12.4. The smallest absolute Gasteiger partial charge is 0.376 e. The molecule has 0 atom stereocenters. The van der Waals surface area contributed by atoms with Crippen LogP contribution in [0, 0.1) is 23.7 Å². The second-order valence-electron chi connectivity index (χ2n) is 8.93. The molecule has 0 heterocycles. The predicted octanol–water partition coefficient (Wildman–Crippen LogP) is 4.60. The van der Waals surface area contributed by atoms with Crippen molar-refractivity contribution >= 4 is 5.91 Å². The van der Waals surface area contributed by atoms with E-state index in [-0.39, 0.29) is 17.9 Å². The third-order valence-corrected chi connectivity index (χ3v) is 7.38. The van der Waals surface area contributed by atoms with Gasteiger partial charge in [0.25, 0.3) is 0 Å². The average Bonchev–Trinajstić information content (AvgIpc) is 2.65. The summed E-state index contributed by atoms with van der Waals surface area (Å²) in [6.07, 6.45) is 2.58. The number of halogens is 3. The van der Waals surface area contributed by atoms with Gasteiger partial charge in [-0.2, -0.15) is 13.2 Å². The molecular weight excluding hydrogens is 367 g/mol. The van der Waals surface area contributed by atoms with Gasteiger partial charge in [0.1, 0.15) is 0 Å². The second kappa shape index (κ2) is 7.36. The summed E-state index contributed by atoms with van der Waals surface area (Å²) in [7, 11) is 1.77. The van der Waals surface area contributed by atoms with Gasteiger partial charge in [-0.05, 0) is 79.9 Å². The number of methoxy groups -OCH3 is 1. The molecule has 5 rings (SSSR count). The molecule has 1 amide bonds. The van der Waals surface area contributed by atoms with Crippen molar-refractivity contribution in [3.8, 4) is 0 Å². The van der Waals surface area contributed by atoms with Crippen molar-refractivity contribution in [1.82, 2.24) is 5.32 Å². The van der Waals surface area contributed by atoms with Crippen LogP contribution < -0.4 is 5.32 Å². The van der Waals surface area contributed by atoms with Crippen LogP contribution in [-0.4, -0.2) is 25.2 Å². The molecule has 0 aliphatic heterocycles. The Morgan fingerprint density at radius 2 is 1.64 bits per heavy atom. The zero-order chi connectivity index (χ0) is 19.9. The number of ether oxygens (including phenoxy) is 1. The van der Waals surface area contributed by atoms with Crippen molar-refractivity contribution in [3.63, 3.8) is 0 Å². The first kappa shape index (κ1) is 19.7. The third kappa shape index (κ3) is 3.68. The molecule has 0 aromatic heterocycles. The first-order valence-electron chi connectivity index (χ1n) is 10.3. The van der Waals surface area contributed by atoms with Crippen LogP contribution in [0.3, 0.4) is 0 Å². The van der Waals surface area contributed by atoms with Crippen LogP contribution in [0.1, 0.15) is 49.7 Å². The van der Waals surface area contributed by atoms with Gasteiger partial charge in [0.15, 0.2) is 0 Å². The Morgan fingerprint density at radius 1 is 1.07 bits per heavy atom. The lowest BCUT2D eigenvalue weighted by Crippen LogP contribution is -2.63. The Labute approximate surface area is 164 Å². The summed E-state index contributed by atoms with van der Waals surface area (Å²) >= 11 is 0. The monoisotopic (exact) mass is 395 g/mol. The number of amides is 1. The van der Waals surface area contributed by atoms with E-state index in [0.717, 1.165) is 29.5 Å². The highest BCUT2D eigenvalue weighted by molar-refractivity contribution is 5.76. The maximum Gasteiger partial charge on any atom is 0.416 e. The van der Waals surface area contributed by atoms with Gasteiger partial charge in [-0.15, -0.1) is 0 Å². The normalized spacial score (nSPS) is 33.9. The van der Waals surface area contributed by atoms with Crippen LogP contribution in [0.25, 0.3) is 0 Å². The number of aryl methyl sites for hydroxylation is 1. The van der Waals surface area contributed by atoms with Gasteiger partial charge in [0.2, 0.25) is 5.91 Å². The number of alkyl halides is 3. The molecule has 4 fully saturated rings. The SMILES string of the molecule is COC1(CNC(=O)CCc2ccc(C(F)(F)F)cc2)C2CC3CC(C2)CC1C3. The van der Waals surface area contributed by atoms with E-state index in [1.54, 1.807) is 7.11 Å². The van der Waals surface area contributed by atoms with Crippen LogP contribution >= 0.6 is 0 Å². The van der Waals surface area contributed by atoms with Gasteiger partial charge in [-0.1, -0.05) is 12.1 Å². The standard InChI is InChI=1S/C22H28F3NO2/c1-28-21(18-9-15-8-16(11-18)12-19(21)10-15)13-26-20(27)7-4-14-2-5-17(6-3-14)22(23,24)25/h2-3,5-6,15-16,18-19H,4,7-13H2,1H3,(H,26,27). The van der Waals surface area contributed by atoms with E-state index < -0.39 is 11.7 Å². The van der Waals surface area contributed by atoms with E-state index in [9.17, 15) is 18.0 Å². The molecule has 0 saturated heterocycles. The largest absolute Gasteiger partial charge is 0.416 e. The van der Waals surface area contributed by atoms with Crippen LogP contribution in [0.15, 0.2) is 24.3 Å². The molecule has 1 N–H and O–H groups in total. The fraction of sp³-hybridized carbons (Fsp3) is 0.682. The third-order valence-electron chi connectivity index (χ3n) is 7.38. The maximum absolute atomic E-state index is 12.6. The number of rotatable bonds is 6. The molecule has 1 aromatic rings. The fourth-order valence-electron chi connectivity index (χ4n) is 6.12. The summed E-state index contributed by atoms with van der Waals surface area (Å²) in [6.45, 7) is 0.546. The zero-order valence-corrected chi connectivity index (χ0v) is 16.2. The Hall–Kier alpha value is -1.56. The lowest BCUT2D eigenvalue weighted by Gasteiger charge is -2.60. The van der Waals surface area contributed by atoms with Crippen LogP contribution in [-0.2, 0) is 22.1 Å². The summed E-state index contributed by atoms with van der Waals surface area (Å²) < 4.78 is 43.9. The minimum absolute atomic E-state index is 0.0647. The van der Waals surface area contributed by atoms with E-state index in [1.165, 1.54) is 44.2 Å². The van der Waals surface area contributed by atoms with Crippen molar-refractivity contribution in [2.45, 2.75) is 56.7 Å². The highest BCUT2D eigenvalue weighted by Crippen LogP contribution is 2.59. The van der Waals surface area contributed by atoms with Crippen molar-refractivity contribution in [2.75, 3.05) is 13.7 Å². The Kier molecular flexibility index (Phi) is 5.19. The molecular formula is C22H28F3NO2. The zero-order valence-electron chi connectivity index (χ0n) is 16.2. The minimum Gasteiger partial charge on any atom is -0.376 e. The molecule has 0 radical (unpaired) electrons. The Balaban J connectivity index is 1.30. The summed E-state index contributed by atoms with van der Waals surface area (Å²) in [6, 6.07) is 5.04. The molecule has 1 aromatic carbocycles. The van der Waals surface area contributed by atoms with Gasteiger partial charge < -0.3 is 10.1 Å². The highest BCUT2D eigenvalue weighted by Gasteiger charge is 2.57. The molecule has 4 aliphatic carbocycles. The number of benzene rings is 1. The summed E-state index contributed by atoms with van der Waals surface area (Å²) in [5, 5.41) is 3.06. The molecule has 154 valence electrons. The first-order valence-corrected chi connectivity index (χ1v) is 10.3. The van der Waals surface area contributed by atoms with E-state index in [0.29, 0.717) is 24.8 Å². The molecule has 4 saturated carbocycles. The second-order valence-corrected chi connectivity index (χ2v) is 8.93. The Morgan fingerprint density at radius 3 is 2.14 bits per heavy atom. The number of carbonyl (C=O) groups excluding carboxylic acids is 1. The lowest BCUT2D eigenvalue weighted by atomic mass is 9.49. The number of nitrogens with one attached hydrogen (secondary N) is 1. The van der Waals surface area contributed by atoms with Gasteiger partial charge in [0.05, 0.1) is 11.2 Å². The molecule has 4 aliphatic rings. The molecule has 28 heavy (non-hydrogen) atoms. The van der Waals surface area contributed by atoms with E-state index in [2.05, 4.69) is 5.32 Å². The Bertz CT molecular complexity index is 685. The number of hydrogen-bond acceptors (Lipinski definition) is 2. The van der Waals surface area contributed by atoms with E-state index in [4.69, 9.17) is 4.74 Å². The predicted molar refractivity (Wildman–Crippen MR) is 99.6 cm³/mol. The molecule has 4 bridgehead atoms. The van der Waals surface area contributed by atoms with E-state index >= 15 is 0 Å². The molecule has 0 unspecified atom stereocenters. The first-order chi connectivity index (χ1) is 13.3. The molecule has 3 nitrogen and oxygen atoms in total. The van der Waals surface area contributed by atoms with Gasteiger partial charge in [-0.25, -0.2) is 0 Å². The van der Waals surface area contributed by atoms with Crippen molar-refractivity contribution < 1.29 is 22.7 Å². The van der Waals surface area contributed by atoms with Crippen LogP contribution in [0.5, 0.6) is 0 Å². The highest BCUT2D eigenvalue weighted by atomic mass is 19.4. The topological polar surface area (TPSA) is 38.3 Å². The summed E-state index contributed by atoms with van der Waals surface area (Å²) in [5.41, 5.74) is -0.166. The molecule has 6 heteroatoms. The quantitative estimate of drug-likeness (QED) is 0.765.